The van der Waals surface area contributed by atoms with Crippen LogP contribution in [0.15, 0.2) is 24.3 Å². The van der Waals surface area contributed by atoms with Crippen LogP contribution in [0.2, 0.25) is 5.82 Å². The van der Waals surface area contributed by atoms with Gasteiger partial charge >= 0.3 is 7.12 Å². The fourth-order valence-corrected chi connectivity index (χ4v) is 4.61. The monoisotopic (exact) mass is 256 g/mol. The summed E-state index contributed by atoms with van der Waals surface area (Å²) in [5, 5.41) is 0. The molecular formula is C16H21BO2. The van der Waals surface area contributed by atoms with Crippen LogP contribution in [0.5, 0.6) is 11.5 Å². The number of benzene rings is 1. The fraction of sp³-hybridized carbons (Fsp3) is 0.625. The van der Waals surface area contributed by atoms with Crippen LogP contribution in [0, 0.1) is 23.2 Å². The lowest BCUT2D eigenvalue weighted by molar-refractivity contribution is 0.317. The van der Waals surface area contributed by atoms with Crippen molar-refractivity contribution in [2.45, 2.75) is 39.4 Å². The van der Waals surface area contributed by atoms with Gasteiger partial charge in [-0.25, -0.2) is 0 Å². The van der Waals surface area contributed by atoms with E-state index in [1.807, 2.05) is 24.3 Å². The highest BCUT2D eigenvalue weighted by Crippen LogP contribution is 2.70. The van der Waals surface area contributed by atoms with Crippen molar-refractivity contribution in [1.82, 2.24) is 0 Å². The Morgan fingerprint density at radius 2 is 1.74 bits per heavy atom. The largest absolute Gasteiger partial charge is 0.598 e. The van der Waals surface area contributed by atoms with Crippen LogP contribution in [0.25, 0.3) is 0 Å². The molecule has 0 saturated heterocycles. The number of hydrogen-bond acceptors (Lipinski definition) is 2. The Balaban J connectivity index is 1.60. The third-order valence-electron chi connectivity index (χ3n) is 5.79. The van der Waals surface area contributed by atoms with Crippen LogP contribution in [0.3, 0.4) is 0 Å². The van der Waals surface area contributed by atoms with Gasteiger partial charge in [-0.2, -0.15) is 0 Å². The molecule has 1 aromatic rings. The molecule has 3 heteroatoms. The van der Waals surface area contributed by atoms with Crippen molar-refractivity contribution in [2.24, 2.45) is 23.2 Å². The van der Waals surface area contributed by atoms with Crippen molar-refractivity contribution in [3.8, 4) is 11.5 Å². The van der Waals surface area contributed by atoms with Gasteiger partial charge in [0.15, 0.2) is 0 Å². The second-order valence-corrected chi connectivity index (χ2v) is 7.14. The summed E-state index contributed by atoms with van der Waals surface area (Å²) in [6.45, 7) is 7.19. The molecule has 2 fully saturated rings. The van der Waals surface area contributed by atoms with Gasteiger partial charge in [0.2, 0.25) is 0 Å². The second kappa shape index (κ2) is 3.71. The molecule has 4 atom stereocenters. The highest BCUT2D eigenvalue weighted by atomic mass is 16.6. The molecule has 0 bridgehead atoms. The number of hydrogen-bond donors (Lipinski definition) is 0. The molecular weight excluding hydrogens is 235 g/mol. The first-order valence-corrected chi connectivity index (χ1v) is 7.51. The molecule has 0 amide bonds. The maximum Gasteiger partial charge on any atom is 0.598 e. The van der Waals surface area contributed by atoms with Gasteiger partial charge in [-0.3, -0.25) is 0 Å². The number of rotatable bonds is 1. The fourth-order valence-electron chi connectivity index (χ4n) is 4.61. The van der Waals surface area contributed by atoms with E-state index < -0.39 is 0 Å². The summed E-state index contributed by atoms with van der Waals surface area (Å²) in [7, 11) is -0.0676. The van der Waals surface area contributed by atoms with Gasteiger partial charge in [-0.15, -0.1) is 0 Å². The summed E-state index contributed by atoms with van der Waals surface area (Å²) in [5.74, 6) is 4.73. The van der Waals surface area contributed by atoms with Crippen LogP contribution in [-0.4, -0.2) is 7.12 Å². The minimum atomic E-state index is -0.0676. The molecule has 4 rings (SSSR count). The van der Waals surface area contributed by atoms with Crippen molar-refractivity contribution in [2.75, 3.05) is 0 Å². The highest BCUT2D eigenvalue weighted by molar-refractivity contribution is 6.50. The third kappa shape index (κ3) is 1.57. The topological polar surface area (TPSA) is 18.5 Å². The number of fused-ring (bicyclic) bond motifs is 2. The summed E-state index contributed by atoms with van der Waals surface area (Å²) >= 11 is 0. The van der Waals surface area contributed by atoms with E-state index in [0.717, 1.165) is 23.3 Å². The van der Waals surface area contributed by atoms with Gasteiger partial charge in [0.25, 0.3) is 0 Å². The average molecular weight is 256 g/mol. The van der Waals surface area contributed by atoms with Crippen molar-refractivity contribution in [3.05, 3.63) is 24.3 Å². The lowest BCUT2D eigenvalue weighted by atomic mass is 9.59. The van der Waals surface area contributed by atoms with Gasteiger partial charge in [0.1, 0.15) is 11.5 Å². The van der Waals surface area contributed by atoms with E-state index in [4.69, 9.17) is 9.31 Å². The summed E-state index contributed by atoms with van der Waals surface area (Å²) in [4.78, 5) is 0. The van der Waals surface area contributed by atoms with E-state index in [0.29, 0.717) is 17.2 Å². The second-order valence-electron chi connectivity index (χ2n) is 7.14. The smallest absolute Gasteiger partial charge is 0.523 e. The summed E-state index contributed by atoms with van der Waals surface area (Å²) in [6.07, 6.45) is 2.70. The molecule has 3 aliphatic rings. The Kier molecular flexibility index (Phi) is 2.28. The van der Waals surface area contributed by atoms with Gasteiger partial charge < -0.3 is 9.31 Å². The Hall–Kier alpha value is -1.12. The van der Waals surface area contributed by atoms with Gasteiger partial charge in [0.05, 0.1) is 0 Å². The van der Waals surface area contributed by atoms with Crippen molar-refractivity contribution in [1.29, 1.82) is 0 Å². The van der Waals surface area contributed by atoms with Crippen molar-refractivity contribution < 1.29 is 9.31 Å². The normalized spacial score (nSPS) is 37.9. The first-order valence-electron chi connectivity index (χ1n) is 7.51. The molecule has 2 aliphatic carbocycles. The molecule has 0 aromatic heterocycles. The summed E-state index contributed by atoms with van der Waals surface area (Å²) in [5.41, 5.74) is 0.483. The molecule has 2 nitrogen and oxygen atoms in total. The van der Waals surface area contributed by atoms with E-state index in [-0.39, 0.29) is 7.12 Å². The molecule has 19 heavy (non-hydrogen) atoms. The maximum atomic E-state index is 6.08. The Morgan fingerprint density at radius 3 is 2.37 bits per heavy atom. The molecule has 2 saturated carbocycles. The molecule has 0 spiro atoms. The zero-order valence-corrected chi connectivity index (χ0v) is 11.9. The van der Waals surface area contributed by atoms with Crippen LogP contribution in [0.1, 0.15) is 33.6 Å². The average Bonchev–Trinajstić information content (AvgIpc) is 2.77. The van der Waals surface area contributed by atoms with Gasteiger partial charge in [-0.05, 0) is 41.7 Å². The van der Waals surface area contributed by atoms with Crippen LogP contribution in [-0.2, 0) is 0 Å². The van der Waals surface area contributed by atoms with E-state index in [1.165, 1.54) is 12.8 Å². The quantitative estimate of drug-likeness (QED) is 0.706. The third-order valence-corrected chi connectivity index (χ3v) is 5.79. The molecule has 1 aliphatic heterocycles. The van der Waals surface area contributed by atoms with Gasteiger partial charge in [-0.1, -0.05) is 39.3 Å². The lowest BCUT2D eigenvalue weighted by Crippen LogP contribution is -2.37. The molecule has 1 aromatic carbocycles. The van der Waals surface area contributed by atoms with Crippen molar-refractivity contribution in [3.63, 3.8) is 0 Å². The van der Waals surface area contributed by atoms with Crippen LogP contribution < -0.4 is 9.31 Å². The van der Waals surface area contributed by atoms with Crippen molar-refractivity contribution >= 4 is 7.12 Å². The van der Waals surface area contributed by atoms with Crippen LogP contribution in [0.4, 0.5) is 0 Å². The zero-order valence-electron chi connectivity index (χ0n) is 11.9. The van der Waals surface area contributed by atoms with E-state index in [1.54, 1.807) is 0 Å². The molecule has 0 N–H and O–H groups in total. The molecule has 0 radical (unpaired) electrons. The standard InChI is InChI=1S/C16H21BO2/c1-10-8-9-11-14(16(11,2)3)15(10)17-18-12-6-4-5-7-13(12)19-17/h4-7,10-11,14-15H,8-9H2,1-3H3/t10-,11+,14+,15+/m0/s1. The molecule has 0 unspecified atom stereocenters. The maximum absolute atomic E-state index is 6.08. The Bertz CT molecular complexity index is 488. The molecule has 1 heterocycles. The SMILES string of the molecule is C[C@H]1CC[C@@H]2[C@H]([C@@H]1B1Oc3ccccc3O1)C2(C)C. The predicted octanol–water partition coefficient (Wildman–Crippen LogP) is 4.02. The Morgan fingerprint density at radius 1 is 1.11 bits per heavy atom. The first kappa shape index (κ1) is 11.7. The lowest BCUT2D eigenvalue weighted by Gasteiger charge is -2.28. The summed E-state index contributed by atoms with van der Waals surface area (Å²) < 4.78 is 12.2. The Labute approximate surface area is 115 Å². The summed E-state index contributed by atoms with van der Waals surface area (Å²) in [6, 6.07) is 8.05. The van der Waals surface area contributed by atoms with E-state index in [2.05, 4.69) is 20.8 Å². The van der Waals surface area contributed by atoms with Crippen LogP contribution >= 0.6 is 0 Å². The van der Waals surface area contributed by atoms with E-state index in [9.17, 15) is 0 Å². The zero-order chi connectivity index (χ0) is 13.2. The first-order chi connectivity index (χ1) is 9.09. The minimum Gasteiger partial charge on any atom is -0.523 e. The van der Waals surface area contributed by atoms with E-state index >= 15 is 0 Å². The predicted molar refractivity (Wildman–Crippen MR) is 76.4 cm³/mol. The highest BCUT2D eigenvalue weighted by Gasteiger charge is 2.67. The van der Waals surface area contributed by atoms with Gasteiger partial charge in [0, 0.05) is 5.82 Å². The number of para-hydroxylation sites is 2. The molecule has 100 valence electrons. The minimum absolute atomic E-state index is 0.0676.